The Morgan fingerprint density at radius 2 is 2.12 bits per heavy atom. The van der Waals surface area contributed by atoms with Crippen molar-refractivity contribution in [2.24, 2.45) is 5.92 Å². The highest BCUT2D eigenvalue weighted by Crippen LogP contribution is 2.31. The highest BCUT2D eigenvalue weighted by molar-refractivity contribution is 5.93. The summed E-state index contributed by atoms with van der Waals surface area (Å²) >= 11 is 0. The zero-order chi connectivity index (χ0) is 18.1. The zero-order valence-electron chi connectivity index (χ0n) is 15.0. The van der Waals surface area contributed by atoms with Gasteiger partial charge < -0.3 is 20.1 Å². The Morgan fingerprint density at radius 1 is 1.23 bits per heavy atom. The average molecular weight is 358 g/mol. The molecule has 1 aromatic rings. The topological polar surface area (TPSA) is 83.4 Å². The first-order chi connectivity index (χ1) is 12.6. The second-order valence-electron chi connectivity index (χ2n) is 7.64. The standard InChI is InChI=1S/C19H26N4O3/c24-17-3-1-2-7-22(17)8-6-21-18(25)15-4-5-16-14-9-13(10-20-11-14)12-23(16)19(15)26/h4-5,13-14,20H,1-3,6-12H2,(H,21,25)/t13-,14+/m0/s1. The number of aromatic nitrogens is 1. The molecule has 7 nitrogen and oxygen atoms in total. The van der Waals surface area contributed by atoms with Crippen LogP contribution < -0.4 is 16.2 Å². The fourth-order valence-electron chi connectivity index (χ4n) is 4.46. The van der Waals surface area contributed by atoms with Crippen molar-refractivity contribution >= 4 is 11.8 Å². The Balaban J connectivity index is 1.43. The molecule has 0 spiro atoms. The summed E-state index contributed by atoms with van der Waals surface area (Å²) in [6, 6.07) is 3.59. The molecular weight excluding hydrogens is 332 g/mol. The Hall–Kier alpha value is -2.15. The zero-order valence-corrected chi connectivity index (χ0v) is 15.0. The average Bonchev–Trinajstić information content (AvgIpc) is 2.64. The third kappa shape index (κ3) is 3.28. The molecule has 7 heteroatoms. The summed E-state index contributed by atoms with van der Waals surface area (Å²) in [6.07, 6.45) is 3.67. The molecule has 0 aliphatic carbocycles. The number of nitrogens with one attached hydrogen (secondary N) is 2. The molecule has 0 aromatic carbocycles. The highest BCUT2D eigenvalue weighted by Gasteiger charge is 2.31. The van der Waals surface area contributed by atoms with Gasteiger partial charge in [0.1, 0.15) is 5.56 Å². The van der Waals surface area contributed by atoms with E-state index in [0.717, 1.165) is 44.6 Å². The first-order valence-electron chi connectivity index (χ1n) is 9.64. The van der Waals surface area contributed by atoms with Gasteiger partial charge in [-0.25, -0.2) is 0 Å². The van der Waals surface area contributed by atoms with E-state index in [4.69, 9.17) is 0 Å². The molecule has 2 bridgehead atoms. The minimum atomic E-state index is -0.344. The van der Waals surface area contributed by atoms with Crippen LogP contribution in [0.2, 0.25) is 0 Å². The summed E-state index contributed by atoms with van der Waals surface area (Å²) in [5.41, 5.74) is 1.05. The Bertz CT molecular complexity index is 773. The molecule has 4 heterocycles. The quantitative estimate of drug-likeness (QED) is 0.811. The van der Waals surface area contributed by atoms with Crippen LogP contribution in [0.4, 0.5) is 0 Å². The van der Waals surface area contributed by atoms with Crippen molar-refractivity contribution < 1.29 is 9.59 Å². The molecule has 0 saturated carbocycles. The van der Waals surface area contributed by atoms with Gasteiger partial charge >= 0.3 is 0 Å². The van der Waals surface area contributed by atoms with Crippen molar-refractivity contribution in [3.63, 3.8) is 0 Å². The van der Waals surface area contributed by atoms with Crippen LogP contribution in [-0.2, 0) is 11.3 Å². The lowest BCUT2D eigenvalue weighted by Gasteiger charge is -2.37. The van der Waals surface area contributed by atoms with Crippen LogP contribution >= 0.6 is 0 Å². The fourth-order valence-corrected chi connectivity index (χ4v) is 4.46. The van der Waals surface area contributed by atoms with Gasteiger partial charge in [0.15, 0.2) is 0 Å². The summed E-state index contributed by atoms with van der Waals surface area (Å²) < 4.78 is 1.79. The van der Waals surface area contributed by atoms with Gasteiger partial charge in [0.05, 0.1) is 0 Å². The number of carbonyl (C=O) groups excluding carboxylic acids is 2. The predicted octanol–water partition coefficient (Wildman–Crippen LogP) is 0.297. The van der Waals surface area contributed by atoms with Crippen molar-refractivity contribution in [3.8, 4) is 0 Å². The molecule has 2 saturated heterocycles. The van der Waals surface area contributed by atoms with Crippen molar-refractivity contribution in [3.05, 3.63) is 33.7 Å². The van der Waals surface area contributed by atoms with Gasteiger partial charge in [0.2, 0.25) is 5.91 Å². The Labute approximate surface area is 152 Å². The summed E-state index contributed by atoms with van der Waals surface area (Å²) in [7, 11) is 0. The van der Waals surface area contributed by atoms with E-state index in [9.17, 15) is 14.4 Å². The van der Waals surface area contributed by atoms with E-state index < -0.39 is 0 Å². The molecule has 2 amide bonds. The second kappa shape index (κ2) is 7.23. The molecule has 140 valence electrons. The lowest BCUT2D eigenvalue weighted by atomic mass is 9.84. The SMILES string of the molecule is O=C(NCCN1CCCCC1=O)c1ccc2n(c1=O)C[C@@H]1CNC[C@H]2C1. The van der Waals surface area contributed by atoms with Crippen LogP contribution in [0.1, 0.15) is 47.7 Å². The molecule has 2 atom stereocenters. The number of hydrogen-bond acceptors (Lipinski definition) is 4. The second-order valence-corrected chi connectivity index (χ2v) is 7.64. The van der Waals surface area contributed by atoms with Gasteiger partial charge in [0, 0.05) is 50.8 Å². The van der Waals surface area contributed by atoms with Gasteiger partial charge in [-0.1, -0.05) is 0 Å². The Kier molecular flexibility index (Phi) is 4.80. The van der Waals surface area contributed by atoms with E-state index in [1.54, 1.807) is 15.5 Å². The van der Waals surface area contributed by atoms with Gasteiger partial charge in [0.25, 0.3) is 11.5 Å². The molecule has 3 aliphatic rings. The number of likely N-dealkylation sites (tertiary alicyclic amines) is 1. The maximum Gasteiger partial charge on any atom is 0.263 e. The third-order valence-corrected chi connectivity index (χ3v) is 5.84. The monoisotopic (exact) mass is 358 g/mol. The fraction of sp³-hybridized carbons (Fsp3) is 0.632. The summed E-state index contributed by atoms with van der Waals surface area (Å²) in [5, 5.41) is 6.23. The van der Waals surface area contributed by atoms with Gasteiger partial charge in [-0.05, 0) is 43.9 Å². The van der Waals surface area contributed by atoms with Gasteiger partial charge in [-0.2, -0.15) is 0 Å². The Morgan fingerprint density at radius 3 is 2.96 bits per heavy atom. The minimum Gasteiger partial charge on any atom is -0.350 e. The third-order valence-electron chi connectivity index (χ3n) is 5.84. The van der Waals surface area contributed by atoms with E-state index in [0.29, 0.717) is 37.9 Å². The highest BCUT2D eigenvalue weighted by atomic mass is 16.2. The van der Waals surface area contributed by atoms with Crippen molar-refractivity contribution in [1.82, 2.24) is 20.1 Å². The first-order valence-corrected chi connectivity index (χ1v) is 9.64. The molecule has 26 heavy (non-hydrogen) atoms. The number of rotatable bonds is 4. The maximum atomic E-state index is 12.8. The van der Waals surface area contributed by atoms with Crippen molar-refractivity contribution in [2.45, 2.75) is 38.1 Å². The molecular formula is C19H26N4O3. The largest absolute Gasteiger partial charge is 0.350 e. The molecule has 0 unspecified atom stereocenters. The smallest absolute Gasteiger partial charge is 0.263 e. The van der Waals surface area contributed by atoms with Crippen LogP contribution in [-0.4, -0.2) is 54.0 Å². The molecule has 4 rings (SSSR count). The number of carbonyl (C=O) groups is 2. The van der Waals surface area contributed by atoms with E-state index in [2.05, 4.69) is 10.6 Å². The summed E-state index contributed by atoms with van der Waals surface area (Å²) in [5.74, 6) is 0.628. The van der Waals surface area contributed by atoms with Gasteiger partial charge in [-0.3, -0.25) is 14.4 Å². The first kappa shape index (κ1) is 17.3. The number of pyridine rings is 1. The normalized spacial score (nSPS) is 24.9. The molecule has 0 radical (unpaired) electrons. The van der Waals surface area contributed by atoms with E-state index in [-0.39, 0.29) is 22.9 Å². The molecule has 2 fully saturated rings. The summed E-state index contributed by atoms with van der Waals surface area (Å²) in [4.78, 5) is 38.9. The van der Waals surface area contributed by atoms with Crippen LogP contribution in [0.5, 0.6) is 0 Å². The number of fused-ring (bicyclic) bond motifs is 4. The maximum absolute atomic E-state index is 12.8. The lowest BCUT2D eigenvalue weighted by Crippen LogP contribution is -2.46. The molecule has 3 aliphatic heterocycles. The van der Waals surface area contributed by atoms with Crippen molar-refractivity contribution in [1.29, 1.82) is 0 Å². The number of hydrogen-bond donors (Lipinski definition) is 2. The van der Waals surface area contributed by atoms with E-state index in [1.165, 1.54) is 0 Å². The molecule has 2 N–H and O–H groups in total. The van der Waals surface area contributed by atoms with Gasteiger partial charge in [-0.15, -0.1) is 0 Å². The number of amides is 2. The predicted molar refractivity (Wildman–Crippen MR) is 97.2 cm³/mol. The molecule has 1 aromatic heterocycles. The van der Waals surface area contributed by atoms with Crippen LogP contribution in [0.3, 0.4) is 0 Å². The van der Waals surface area contributed by atoms with Crippen LogP contribution in [0.25, 0.3) is 0 Å². The van der Waals surface area contributed by atoms with E-state index >= 15 is 0 Å². The number of piperidine rings is 2. The van der Waals surface area contributed by atoms with Crippen LogP contribution in [0.15, 0.2) is 16.9 Å². The summed E-state index contributed by atoms with van der Waals surface area (Å²) in [6.45, 7) is 4.15. The van der Waals surface area contributed by atoms with Crippen molar-refractivity contribution in [2.75, 3.05) is 32.7 Å². The lowest BCUT2D eigenvalue weighted by molar-refractivity contribution is -0.133. The minimum absolute atomic E-state index is 0.152. The van der Waals surface area contributed by atoms with Crippen LogP contribution in [0, 0.1) is 5.92 Å². The number of nitrogens with zero attached hydrogens (tertiary/aromatic N) is 2. The van der Waals surface area contributed by atoms with E-state index in [1.807, 2.05) is 6.07 Å².